The van der Waals surface area contributed by atoms with Crippen molar-refractivity contribution in [3.8, 4) is 0 Å². The van der Waals surface area contributed by atoms with Crippen LogP contribution in [0.15, 0.2) is 63.7 Å². The first-order valence-electron chi connectivity index (χ1n) is 10.6. The molecule has 0 saturated carbocycles. The van der Waals surface area contributed by atoms with Crippen molar-refractivity contribution in [1.82, 2.24) is 4.57 Å². The molecule has 0 saturated heterocycles. The molecule has 0 amide bonds. The van der Waals surface area contributed by atoms with E-state index < -0.39 is 0 Å². The fourth-order valence-corrected chi connectivity index (χ4v) is 7.27. The van der Waals surface area contributed by atoms with Gasteiger partial charge in [0.05, 0.1) is 17.1 Å². The fraction of sp³-hybridized carbons (Fsp3) is 0.200. The number of benzene rings is 2. The van der Waals surface area contributed by atoms with Gasteiger partial charge in [-0.2, -0.15) is 4.57 Å². The van der Waals surface area contributed by atoms with Crippen LogP contribution in [0.3, 0.4) is 0 Å². The molecule has 3 heterocycles. The number of halogens is 1. The van der Waals surface area contributed by atoms with E-state index in [-0.39, 0.29) is 11.4 Å². The first-order chi connectivity index (χ1) is 16.0. The summed E-state index contributed by atoms with van der Waals surface area (Å²) < 4.78 is 19.4. The lowest BCUT2D eigenvalue weighted by Crippen LogP contribution is -2.36. The van der Waals surface area contributed by atoms with Gasteiger partial charge in [0.25, 0.3) is 10.6 Å². The van der Waals surface area contributed by atoms with Crippen molar-refractivity contribution in [2.75, 3.05) is 11.9 Å². The molecule has 168 valence electrons. The summed E-state index contributed by atoms with van der Waals surface area (Å²) in [4.78, 5) is 16.2. The molecule has 2 aromatic carbocycles. The zero-order valence-electron chi connectivity index (χ0n) is 18.5. The van der Waals surface area contributed by atoms with E-state index in [0.717, 1.165) is 31.8 Å². The van der Waals surface area contributed by atoms with Crippen LogP contribution in [0.25, 0.3) is 11.1 Å². The highest BCUT2D eigenvalue weighted by molar-refractivity contribution is 8.08. The van der Waals surface area contributed by atoms with Gasteiger partial charge in [0, 0.05) is 24.1 Å². The molecule has 1 aliphatic rings. The number of thioether (sulfide) groups is 1. The highest BCUT2D eigenvalue weighted by Gasteiger charge is 2.25. The Labute approximate surface area is 203 Å². The van der Waals surface area contributed by atoms with Crippen molar-refractivity contribution in [2.24, 2.45) is 0 Å². The third kappa shape index (κ3) is 4.07. The molecule has 4 aromatic rings. The van der Waals surface area contributed by atoms with E-state index >= 15 is 0 Å². The van der Waals surface area contributed by atoms with Crippen LogP contribution in [0.1, 0.15) is 23.1 Å². The van der Waals surface area contributed by atoms with Crippen molar-refractivity contribution >= 4 is 51.2 Å². The van der Waals surface area contributed by atoms with E-state index in [0.29, 0.717) is 11.1 Å². The van der Waals surface area contributed by atoms with E-state index in [1.807, 2.05) is 23.4 Å². The molecule has 0 aliphatic carbocycles. The van der Waals surface area contributed by atoms with E-state index in [4.69, 9.17) is 0 Å². The largest absolute Gasteiger partial charge is 0.337 e. The molecule has 0 atom stereocenters. The summed E-state index contributed by atoms with van der Waals surface area (Å²) in [5, 5.41) is 4.02. The molecule has 5 rings (SSSR count). The summed E-state index contributed by atoms with van der Waals surface area (Å²) in [6, 6.07) is 13.2. The van der Waals surface area contributed by atoms with Gasteiger partial charge in [-0.15, -0.1) is 11.3 Å². The SMILES string of the molecule is CCn1c(=O)/c(=C2\Sc3cc(F)ccc3N2C)s/c1=C\c1scc[n+]1Cc1ccccc1C. The molecule has 4 nitrogen and oxygen atoms in total. The van der Waals surface area contributed by atoms with Crippen molar-refractivity contribution in [2.45, 2.75) is 31.8 Å². The Hall–Kier alpha value is -2.68. The predicted octanol–water partition coefficient (Wildman–Crippen LogP) is 3.91. The van der Waals surface area contributed by atoms with Crippen LogP contribution in [-0.2, 0) is 13.1 Å². The second-order valence-electron chi connectivity index (χ2n) is 7.84. The minimum atomic E-state index is -0.266. The molecule has 0 radical (unpaired) electrons. The summed E-state index contributed by atoms with van der Waals surface area (Å²) in [5.74, 6) is -0.266. The van der Waals surface area contributed by atoms with Gasteiger partial charge in [0.1, 0.15) is 20.0 Å². The Morgan fingerprint density at radius 1 is 1.18 bits per heavy atom. The van der Waals surface area contributed by atoms with E-state index in [1.165, 1.54) is 46.4 Å². The summed E-state index contributed by atoms with van der Waals surface area (Å²) in [6.07, 6.45) is 4.20. The van der Waals surface area contributed by atoms with Crippen LogP contribution in [0.5, 0.6) is 0 Å². The molecule has 0 fully saturated rings. The summed E-state index contributed by atoms with van der Waals surface area (Å²) in [6.45, 7) is 5.50. The van der Waals surface area contributed by atoms with Gasteiger partial charge in [-0.05, 0) is 37.6 Å². The van der Waals surface area contributed by atoms with Gasteiger partial charge >= 0.3 is 0 Å². The number of nitrogens with zero attached hydrogens (tertiary/aromatic N) is 3. The van der Waals surface area contributed by atoms with Crippen molar-refractivity contribution in [3.63, 3.8) is 0 Å². The van der Waals surface area contributed by atoms with Gasteiger partial charge in [0.2, 0.25) is 0 Å². The highest BCUT2D eigenvalue weighted by atomic mass is 32.2. The lowest BCUT2D eigenvalue weighted by atomic mass is 10.1. The van der Waals surface area contributed by atoms with Gasteiger partial charge in [-0.25, -0.2) is 4.39 Å². The molecule has 0 bridgehead atoms. The number of fused-ring (bicyclic) bond motifs is 1. The molecule has 33 heavy (non-hydrogen) atoms. The predicted molar refractivity (Wildman–Crippen MR) is 136 cm³/mol. The van der Waals surface area contributed by atoms with Crippen molar-refractivity contribution in [1.29, 1.82) is 0 Å². The zero-order valence-corrected chi connectivity index (χ0v) is 21.0. The molecule has 2 aromatic heterocycles. The van der Waals surface area contributed by atoms with Crippen molar-refractivity contribution < 1.29 is 8.96 Å². The van der Waals surface area contributed by atoms with Crippen LogP contribution < -0.4 is 24.2 Å². The van der Waals surface area contributed by atoms with E-state index in [2.05, 4.69) is 53.4 Å². The number of rotatable bonds is 4. The summed E-state index contributed by atoms with van der Waals surface area (Å²) in [7, 11) is 1.93. The van der Waals surface area contributed by atoms with Gasteiger partial charge in [-0.3, -0.25) is 9.36 Å². The monoisotopic (exact) mass is 496 g/mol. The molecular formula is C25H23FN3OS3+. The van der Waals surface area contributed by atoms with Crippen LogP contribution in [0.2, 0.25) is 0 Å². The Balaban J connectivity index is 1.61. The minimum Gasteiger partial charge on any atom is -0.337 e. The van der Waals surface area contributed by atoms with Gasteiger partial charge < -0.3 is 4.90 Å². The maximum absolute atomic E-state index is 13.7. The number of aryl methyl sites for hydroxylation is 1. The molecular weight excluding hydrogens is 473 g/mol. The summed E-state index contributed by atoms with van der Waals surface area (Å²) >= 11 is 4.62. The highest BCUT2D eigenvalue weighted by Crippen LogP contribution is 2.45. The average Bonchev–Trinajstić information content (AvgIpc) is 3.46. The number of thiazole rings is 2. The number of anilines is 1. The van der Waals surface area contributed by atoms with Gasteiger partial charge in [-0.1, -0.05) is 47.4 Å². The first kappa shape index (κ1) is 22.1. The molecule has 0 unspecified atom stereocenters. The molecule has 0 N–H and O–H groups in total. The maximum atomic E-state index is 13.7. The molecule has 0 spiro atoms. The normalized spacial score (nSPS) is 15.4. The Morgan fingerprint density at radius 2 is 2.00 bits per heavy atom. The van der Waals surface area contributed by atoms with Crippen LogP contribution in [0.4, 0.5) is 10.1 Å². The Kier molecular flexibility index (Phi) is 5.99. The fourth-order valence-electron chi connectivity index (χ4n) is 3.93. The van der Waals surface area contributed by atoms with Crippen LogP contribution >= 0.6 is 34.4 Å². The molecule has 1 aliphatic heterocycles. The van der Waals surface area contributed by atoms with Gasteiger partial charge in [0.15, 0.2) is 12.7 Å². The Morgan fingerprint density at radius 3 is 2.79 bits per heavy atom. The summed E-state index contributed by atoms with van der Waals surface area (Å²) in [5.41, 5.74) is 3.46. The average molecular weight is 497 g/mol. The first-order valence-corrected chi connectivity index (χ1v) is 13.2. The third-order valence-corrected chi connectivity index (χ3v) is 9.10. The number of hydrogen-bond acceptors (Lipinski definition) is 5. The molecule has 8 heteroatoms. The number of hydrogen-bond donors (Lipinski definition) is 0. The number of aromatic nitrogens is 2. The van der Waals surface area contributed by atoms with Crippen LogP contribution in [0, 0.1) is 12.7 Å². The lowest BCUT2D eigenvalue weighted by Gasteiger charge is -2.12. The quantitative estimate of drug-likeness (QED) is 0.401. The zero-order chi connectivity index (χ0) is 23.1. The standard InChI is InChI=1S/C25H23FN3OS3/c1-4-29-22(14-21-28(11-12-31-21)15-17-8-6-5-7-16(17)2)33-23(24(29)30)25-27(3)19-10-9-18(26)13-20(19)32-25/h5-14H,4,15H2,1-3H3/q+1/b25-23+. The second kappa shape index (κ2) is 8.93. The van der Waals surface area contributed by atoms with Crippen molar-refractivity contribution in [3.05, 3.63) is 95.5 Å². The topological polar surface area (TPSA) is 29.1 Å². The smallest absolute Gasteiger partial charge is 0.271 e. The minimum absolute atomic E-state index is 0.00149. The maximum Gasteiger partial charge on any atom is 0.271 e. The second-order valence-corrected chi connectivity index (χ2v) is 10.8. The van der Waals surface area contributed by atoms with E-state index in [9.17, 15) is 9.18 Å². The lowest BCUT2D eigenvalue weighted by molar-refractivity contribution is -0.685. The van der Waals surface area contributed by atoms with Crippen LogP contribution in [-0.4, -0.2) is 11.6 Å². The third-order valence-electron chi connectivity index (χ3n) is 5.78. The Bertz CT molecular complexity index is 1530. The van der Waals surface area contributed by atoms with E-state index in [1.54, 1.807) is 17.4 Å².